The number of rotatable bonds is 5. The van der Waals surface area contributed by atoms with Gasteiger partial charge in [0.15, 0.2) is 0 Å². The van der Waals surface area contributed by atoms with Crippen molar-refractivity contribution in [1.82, 2.24) is 4.90 Å². The van der Waals surface area contributed by atoms with Gasteiger partial charge in [0.1, 0.15) is 11.5 Å². The minimum Gasteiger partial charge on any atom is -0.497 e. The van der Waals surface area contributed by atoms with E-state index in [2.05, 4.69) is 6.92 Å². The second-order valence-corrected chi connectivity index (χ2v) is 5.10. The minimum atomic E-state index is -0.0323. The third-order valence-corrected chi connectivity index (χ3v) is 3.67. The Morgan fingerprint density at radius 3 is 2.86 bits per heavy atom. The Labute approximate surface area is 125 Å². The van der Waals surface area contributed by atoms with E-state index in [0.717, 1.165) is 12.8 Å². The molecule has 1 heterocycles. The van der Waals surface area contributed by atoms with E-state index in [9.17, 15) is 4.79 Å². The summed E-state index contributed by atoms with van der Waals surface area (Å²) in [6, 6.07) is 5.27. The van der Waals surface area contributed by atoms with Crippen molar-refractivity contribution >= 4 is 5.91 Å². The number of carbonyl (C=O) groups excluding carboxylic acids is 1. The molecule has 5 heteroatoms. The van der Waals surface area contributed by atoms with Crippen molar-refractivity contribution in [3.05, 3.63) is 23.8 Å². The van der Waals surface area contributed by atoms with Crippen LogP contribution in [0.15, 0.2) is 18.2 Å². The van der Waals surface area contributed by atoms with Crippen molar-refractivity contribution in [3.63, 3.8) is 0 Å². The van der Waals surface area contributed by atoms with E-state index in [1.807, 2.05) is 4.90 Å². The van der Waals surface area contributed by atoms with Crippen LogP contribution in [0.4, 0.5) is 0 Å². The molecule has 1 aromatic rings. The highest BCUT2D eigenvalue weighted by atomic mass is 16.5. The first kappa shape index (κ1) is 15.6. The molecular weight excluding hydrogens is 270 g/mol. The molecule has 1 aliphatic rings. The van der Waals surface area contributed by atoms with Crippen molar-refractivity contribution in [2.75, 3.05) is 33.9 Å². The highest BCUT2D eigenvalue weighted by molar-refractivity contribution is 5.97. The highest BCUT2D eigenvalue weighted by Gasteiger charge is 2.26. The van der Waals surface area contributed by atoms with Gasteiger partial charge in [-0.1, -0.05) is 13.3 Å². The summed E-state index contributed by atoms with van der Waals surface area (Å²) in [4.78, 5) is 14.6. The highest BCUT2D eigenvalue weighted by Crippen LogP contribution is 2.26. The number of nitrogens with zero attached hydrogens (tertiary/aromatic N) is 1. The van der Waals surface area contributed by atoms with E-state index in [1.165, 1.54) is 0 Å². The fourth-order valence-electron chi connectivity index (χ4n) is 2.55. The molecule has 0 spiro atoms. The fraction of sp³-hybridized carbons (Fsp3) is 0.562. The predicted molar refractivity (Wildman–Crippen MR) is 80.1 cm³/mol. The van der Waals surface area contributed by atoms with Crippen LogP contribution >= 0.6 is 0 Å². The second-order valence-electron chi connectivity index (χ2n) is 5.10. The maximum absolute atomic E-state index is 12.7. The van der Waals surface area contributed by atoms with Crippen LogP contribution in [0.25, 0.3) is 0 Å². The Kier molecular flexibility index (Phi) is 5.44. The molecule has 5 nitrogen and oxygen atoms in total. The van der Waals surface area contributed by atoms with E-state index in [0.29, 0.717) is 36.8 Å². The van der Waals surface area contributed by atoms with Crippen LogP contribution in [0.5, 0.6) is 11.5 Å². The molecule has 0 bridgehead atoms. The molecule has 1 aromatic carbocycles. The van der Waals surface area contributed by atoms with Gasteiger partial charge >= 0.3 is 0 Å². The first-order chi connectivity index (χ1) is 10.2. The van der Waals surface area contributed by atoms with Crippen molar-refractivity contribution in [2.45, 2.75) is 25.9 Å². The summed E-state index contributed by atoms with van der Waals surface area (Å²) in [5, 5.41) is 0. The summed E-state index contributed by atoms with van der Waals surface area (Å²) in [7, 11) is 3.15. The molecule has 1 atom stereocenters. The Balaban J connectivity index is 2.18. The van der Waals surface area contributed by atoms with Gasteiger partial charge in [-0.3, -0.25) is 4.79 Å². The van der Waals surface area contributed by atoms with Crippen molar-refractivity contribution in [1.29, 1.82) is 0 Å². The fourth-order valence-corrected chi connectivity index (χ4v) is 2.55. The maximum Gasteiger partial charge on any atom is 0.257 e. The molecule has 21 heavy (non-hydrogen) atoms. The van der Waals surface area contributed by atoms with Crippen LogP contribution in [0, 0.1) is 0 Å². The quantitative estimate of drug-likeness (QED) is 0.836. The molecule has 0 N–H and O–H groups in total. The Hall–Kier alpha value is -1.75. The van der Waals surface area contributed by atoms with Gasteiger partial charge in [-0.2, -0.15) is 0 Å². The molecule has 1 amide bonds. The van der Waals surface area contributed by atoms with Crippen LogP contribution in [0.1, 0.15) is 30.1 Å². The van der Waals surface area contributed by atoms with Gasteiger partial charge in [0.2, 0.25) is 0 Å². The zero-order valence-electron chi connectivity index (χ0n) is 12.9. The number of morpholine rings is 1. The number of hydrogen-bond donors (Lipinski definition) is 0. The van der Waals surface area contributed by atoms with E-state index in [1.54, 1.807) is 32.4 Å². The van der Waals surface area contributed by atoms with Crippen LogP contribution in [-0.4, -0.2) is 50.8 Å². The van der Waals surface area contributed by atoms with Crippen LogP contribution in [-0.2, 0) is 4.74 Å². The summed E-state index contributed by atoms with van der Waals surface area (Å²) in [6.45, 7) is 3.95. The lowest BCUT2D eigenvalue weighted by atomic mass is 10.1. The van der Waals surface area contributed by atoms with Crippen molar-refractivity contribution in [3.8, 4) is 11.5 Å². The van der Waals surface area contributed by atoms with E-state index >= 15 is 0 Å². The molecule has 0 radical (unpaired) electrons. The average molecular weight is 293 g/mol. The molecule has 1 unspecified atom stereocenters. The normalized spacial score (nSPS) is 18.4. The Bertz CT molecular complexity index is 487. The minimum absolute atomic E-state index is 0.0323. The predicted octanol–water partition coefficient (Wildman–Crippen LogP) is 2.34. The summed E-state index contributed by atoms with van der Waals surface area (Å²) >= 11 is 0. The van der Waals surface area contributed by atoms with Crippen molar-refractivity contribution < 1.29 is 19.0 Å². The molecule has 1 aliphatic heterocycles. The van der Waals surface area contributed by atoms with E-state index < -0.39 is 0 Å². The van der Waals surface area contributed by atoms with Crippen LogP contribution < -0.4 is 9.47 Å². The number of carbonyl (C=O) groups is 1. The standard InChI is InChI=1S/C16H23NO4/c1-4-5-13-11-17(8-9-21-13)16(18)14-10-12(19-2)6-7-15(14)20-3/h6-7,10,13H,4-5,8-9,11H2,1-3H3. The monoisotopic (exact) mass is 293 g/mol. The molecule has 0 aliphatic carbocycles. The number of methoxy groups -OCH3 is 2. The lowest BCUT2D eigenvalue weighted by Crippen LogP contribution is -2.45. The second kappa shape index (κ2) is 7.31. The smallest absolute Gasteiger partial charge is 0.257 e. The molecular formula is C16H23NO4. The summed E-state index contributed by atoms with van der Waals surface area (Å²) in [5.41, 5.74) is 0.536. The SMILES string of the molecule is CCCC1CN(C(=O)c2cc(OC)ccc2OC)CCO1. The van der Waals surface area contributed by atoms with Crippen LogP contribution in [0.3, 0.4) is 0 Å². The van der Waals surface area contributed by atoms with Gasteiger partial charge in [-0.05, 0) is 24.6 Å². The summed E-state index contributed by atoms with van der Waals surface area (Å²) < 4.78 is 16.2. The molecule has 1 saturated heterocycles. The average Bonchev–Trinajstić information content (AvgIpc) is 2.54. The van der Waals surface area contributed by atoms with E-state index in [-0.39, 0.29) is 12.0 Å². The van der Waals surface area contributed by atoms with Gasteiger partial charge in [0.05, 0.1) is 32.5 Å². The van der Waals surface area contributed by atoms with Gasteiger partial charge in [0.25, 0.3) is 5.91 Å². The zero-order valence-corrected chi connectivity index (χ0v) is 12.9. The molecule has 116 valence electrons. The number of amides is 1. The van der Waals surface area contributed by atoms with Gasteiger partial charge in [0, 0.05) is 13.1 Å². The maximum atomic E-state index is 12.7. The van der Waals surface area contributed by atoms with Gasteiger partial charge in [-0.15, -0.1) is 0 Å². The molecule has 2 rings (SSSR count). The third kappa shape index (κ3) is 3.67. The van der Waals surface area contributed by atoms with Gasteiger partial charge < -0.3 is 19.1 Å². The topological polar surface area (TPSA) is 48.0 Å². The van der Waals surface area contributed by atoms with Crippen LogP contribution in [0.2, 0.25) is 0 Å². The molecule has 1 fully saturated rings. The lowest BCUT2D eigenvalue weighted by Gasteiger charge is -2.33. The number of hydrogen-bond acceptors (Lipinski definition) is 4. The Morgan fingerprint density at radius 1 is 1.38 bits per heavy atom. The number of benzene rings is 1. The molecule has 0 saturated carbocycles. The Morgan fingerprint density at radius 2 is 2.19 bits per heavy atom. The zero-order chi connectivity index (χ0) is 15.2. The summed E-state index contributed by atoms with van der Waals surface area (Å²) in [6.07, 6.45) is 2.15. The largest absolute Gasteiger partial charge is 0.497 e. The van der Waals surface area contributed by atoms with Crippen molar-refractivity contribution in [2.24, 2.45) is 0 Å². The first-order valence-corrected chi connectivity index (χ1v) is 7.32. The lowest BCUT2D eigenvalue weighted by molar-refractivity contribution is -0.0251. The molecule has 0 aromatic heterocycles. The van der Waals surface area contributed by atoms with E-state index in [4.69, 9.17) is 14.2 Å². The van der Waals surface area contributed by atoms with Gasteiger partial charge in [-0.25, -0.2) is 0 Å². The summed E-state index contributed by atoms with van der Waals surface area (Å²) in [5.74, 6) is 1.19. The third-order valence-electron chi connectivity index (χ3n) is 3.67. The number of ether oxygens (including phenoxy) is 3. The first-order valence-electron chi connectivity index (χ1n) is 7.32.